The molecule has 3 aromatic rings. The predicted octanol–water partition coefficient (Wildman–Crippen LogP) is 3.31. The van der Waals surface area contributed by atoms with Crippen LogP contribution >= 0.6 is 11.6 Å². The fourth-order valence-corrected chi connectivity index (χ4v) is 2.78. The summed E-state index contributed by atoms with van der Waals surface area (Å²) < 4.78 is 1.82. The van der Waals surface area contributed by atoms with Gasteiger partial charge in [0.15, 0.2) is 0 Å². The Hall–Kier alpha value is -2.66. The van der Waals surface area contributed by atoms with E-state index in [4.69, 9.17) is 11.6 Å². The molecule has 0 saturated carbocycles. The van der Waals surface area contributed by atoms with Crippen molar-refractivity contribution in [3.63, 3.8) is 0 Å². The minimum atomic E-state index is -0.217. The van der Waals surface area contributed by atoms with Crippen LogP contribution in [0.5, 0.6) is 0 Å². The number of carbonyl (C=O) groups excluding carboxylic acids is 1. The Bertz CT molecular complexity index is 830. The number of aromatic nitrogens is 3. The van der Waals surface area contributed by atoms with Crippen LogP contribution in [0.2, 0.25) is 5.02 Å². The highest BCUT2D eigenvalue weighted by Crippen LogP contribution is 2.23. The molecule has 0 unspecified atom stereocenters. The van der Waals surface area contributed by atoms with Crippen LogP contribution in [0.25, 0.3) is 0 Å². The molecule has 0 aliphatic heterocycles. The third-order valence-electron chi connectivity index (χ3n) is 4.02. The minimum Gasteiger partial charge on any atom is -0.345 e. The number of nitrogens with zero attached hydrogens (tertiary/aromatic N) is 3. The zero-order chi connectivity index (χ0) is 17.6. The molecule has 0 aliphatic rings. The number of benzene rings is 2. The highest BCUT2D eigenvalue weighted by molar-refractivity contribution is 6.30. The molecular formula is C19H19ClN4O. The van der Waals surface area contributed by atoms with Crippen molar-refractivity contribution < 1.29 is 4.79 Å². The van der Waals surface area contributed by atoms with Crippen LogP contribution in [-0.4, -0.2) is 20.7 Å². The van der Waals surface area contributed by atoms with E-state index in [0.717, 1.165) is 17.0 Å². The van der Waals surface area contributed by atoms with Crippen LogP contribution in [-0.2, 0) is 18.3 Å². The summed E-state index contributed by atoms with van der Waals surface area (Å²) >= 11 is 5.99. The Labute approximate surface area is 151 Å². The van der Waals surface area contributed by atoms with E-state index in [1.807, 2.05) is 66.2 Å². The third-order valence-corrected chi connectivity index (χ3v) is 4.27. The zero-order valence-electron chi connectivity index (χ0n) is 13.9. The lowest BCUT2D eigenvalue weighted by atomic mass is 9.98. The first-order chi connectivity index (χ1) is 12.1. The zero-order valence-corrected chi connectivity index (χ0v) is 14.6. The average Bonchev–Trinajstić information content (AvgIpc) is 3.04. The number of hydrogen-bond acceptors (Lipinski definition) is 3. The molecule has 1 N–H and O–H groups in total. The van der Waals surface area contributed by atoms with Crippen molar-refractivity contribution in [1.29, 1.82) is 0 Å². The van der Waals surface area contributed by atoms with E-state index in [2.05, 4.69) is 15.5 Å². The molecule has 0 aliphatic carbocycles. The molecule has 1 amide bonds. The van der Waals surface area contributed by atoms with Gasteiger partial charge in [-0.1, -0.05) is 54.1 Å². The smallest absolute Gasteiger partial charge is 0.221 e. The van der Waals surface area contributed by atoms with Crippen molar-refractivity contribution in [3.05, 3.63) is 82.9 Å². The van der Waals surface area contributed by atoms with Gasteiger partial charge in [0.25, 0.3) is 0 Å². The molecule has 3 rings (SSSR count). The van der Waals surface area contributed by atoms with Gasteiger partial charge < -0.3 is 9.88 Å². The molecule has 1 atom stereocenters. The molecule has 0 bridgehead atoms. The van der Waals surface area contributed by atoms with E-state index in [0.29, 0.717) is 17.9 Å². The van der Waals surface area contributed by atoms with Crippen LogP contribution in [0.4, 0.5) is 0 Å². The molecule has 0 fully saturated rings. The Morgan fingerprint density at radius 3 is 2.44 bits per heavy atom. The Morgan fingerprint density at radius 2 is 1.80 bits per heavy atom. The molecule has 2 aromatic carbocycles. The summed E-state index contributed by atoms with van der Waals surface area (Å²) in [5.41, 5.74) is 2.01. The summed E-state index contributed by atoms with van der Waals surface area (Å²) in [5, 5.41) is 11.6. The predicted molar refractivity (Wildman–Crippen MR) is 97.2 cm³/mol. The summed E-state index contributed by atoms with van der Waals surface area (Å²) in [5.74, 6) is 0.754. The van der Waals surface area contributed by atoms with E-state index in [9.17, 15) is 4.79 Å². The quantitative estimate of drug-likeness (QED) is 0.738. The second-order valence-electron chi connectivity index (χ2n) is 5.82. The average molecular weight is 355 g/mol. The summed E-state index contributed by atoms with van der Waals surface area (Å²) in [6, 6.07) is 17.2. The lowest BCUT2D eigenvalue weighted by molar-refractivity contribution is -0.121. The maximum Gasteiger partial charge on any atom is 0.221 e. The highest BCUT2D eigenvalue weighted by Gasteiger charge is 2.17. The molecular weight excluding hydrogens is 336 g/mol. The van der Waals surface area contributed by atoms with Crippen molar-refractivity contribution in [1.82, 2.24) is 20.1 Å². The first-order valence-electron chi connectivity index (χ1n) is 8.06. The van der Waals surface area contributed by atoms with Crippen LogP contribution in [0.15, 0.2) is 60.9 Å². The molecule has 128 valence electrons. The van der Waals surface area contributed by atoms with Crippen molar-refractivity contribution in [3.8, 4) is 0 Å². The number of halogens is 1. The normalized spacial score (nSPS) is 11.9. The largest absolute Gasteiger partial charge is 0.345 e. The van der Waals surface area contributed by atoms with Gasteiger partial charge >= 0.3 is 0 Å². The number of hydrogen-bond donors (Lipinski definition) is 1. The van der Waals surface area contributed by atoms with Gasteiger partial charge in [0.05, 0.1) is 6.04 Å². The summed E-state index contributed by atoms with van der Waals surface area (Å²) in [6.45, 7) is 0. The van der Waals surface area contributed by atoms with Crippen LogP contribution < -0.4 is 5.32 Å². The van der Waals surface area contributed by atoms with Gasteiger partial charge in [-0.05, 0) is 23.3 Å². The number of nitrogens with one attached hydrogen (secondary N) is 1. The molecule has 0 radical (unpaired) electrons. The van der Waals surface area contributed by atoms with Gasteiger partial charge in [-0.2, -0.15) is 0 Å². The monoisotopic (exact) mass is 354 g/mol. The maximum absolute atomic E-state index is 12.5. The van der Waals surface area contributed by atoms with Crippen LogP contribution in [0.3, 0.4) is 0 Å². The van der Waals surface area contributed by atoms with Crippen molar-refractivity contribution in [2.24, 2.45) is 7.05 Å². The fourth-order valence-electron chi connectivity index (χ4n) is 2.65. The SMILES string of the molecule is Cn1cnnc1CCC(=O)N[C@H](c1ccccc1)c1ccc(Cl)cc1. The molecule has 0 spiro atoms. The molecule has 1 aromatic heterocycles. The van der Waals surface area contributed by atoms with Gasteiger partial charge in [0.1, 0.15) is 12.2 Å². The first kappa shape index (κ1) is 17.2. The Kier molecular flexibility index (Phi) is 5.46. The van der Waals surface area contributed by atoms with E-state index >= 15 is 0 Å². The second kappa shape index (κ2) is 7.94. The molecule has 0 saturated heterocycles. The third kappa shape index (κ3) is 4.45. The van der Waals surface area contributed by atoms with Crippen molar-refractivity contribution in [2.45, 2.75) is 18.9 Å². The number of aryl methyl sites for hydroxylation is 2. The van der Waals surface area contributed by atoms with Crippen molar-refractivity contribution in [2.75, 3.05) is 0 Å². The number of amides is 1. The minimum absolute atomic E-state index is 0.0354. The topological polar surface area (TPSA) is 59.8 Å². The van der Waals surface area contributed by atoms with Crippen LogP contribution in [0, 0.1) is 0 Å². The van der Waals surface area contributed by atoms with Crippen LogP contribution in [0.1, 0.15) is 29.4 Å². The second-order valence-corrected chi connectivity index (χ2v) is 6.26. The maximum atomic E-state index is 12.5. The van der Waals surface area contributed by atoms with Gasteiger partial charge in [0, 0.05) is 24.9 Å². The van der Waals surface area contributed by atoms with E-state index in [1.165, 1.54) is 0 Å². The van der Waals surface area contributed by atoms with Crippen molar-refractivity contribution >= 4 is 17.5 Å². The Morgan fingerprint density at radius 1 is 1.12 bits per heavy atom. The Balaban J connectivity index is 1.74. The lowest BCUT2D eigenvalue weighted by Gasteiger charge is -2.20. The van der Waals surface area contributed by atoms with Gasteiger partial charge in [-0.15, -0.1) is 10.2 Å². The standard InChI is InChI=1S/C19H19ClN4O/c1-24-13-21-23-17(24)11-12-18(25)22-19(14-5-3-2-4-6-14)15-7-9-16(20)10-8-15/h2-10,13,19H,11-12H2,1H3,(H,22,25)/t19-/m1/s1. The highest BCUT2D eigenvalue weighted by atomic mass is 35.5. The molecule has 5 nitrogen and oxygen atoms in total. The first-order valence-corrected chi connectivity index (χ1v) is 8.44. The van der Waals surface area contributed by atoms with Gasteiger partial charge in [-0.25, -0.2) is 0 Å². The van der Waals surface area contributed by atoms with E-state index in [1.54, 1.807) is 6.33 Å². The number of carbonyl (C=O) groups is 1. The molecule has 1 heterocycles. The molecule has 25 heavy (non-hydrogen) atoms. The molecule has 6 heteroatoms. The van der Waals surface area contributed by atoms with E-state index < -0.39 is 0 Å². The number of rotatable bonds is 6. The fraction of sp³-hybridized carbons (Fsp3) is 0.211. The summed E-state index contributed by atoms with van der Waals surface area (Å²) in [4.78, 5) is 12.5. The lowest BCUT2D eigenvalue weighted by Crippen LogP contribution is -2.29. The van der Waals surface area contributed by atoms with Gasteiger partial charge in [-0.3, -0.25) is 4.79 Å². The van der Waals surface area contributed by atoms with E-state index in [-0.39, 0.29) is 11.9 Å². The summed E-state index contributed by atoms with van der Waals surface area (Å²) in [6.07, 6.45) is 2.53. The van der Waals surface area contributed by atoms with Gasteiger partial charge in [0.2, 0.25) is 5.91 Å². The summed E-state index contributed by atoms with van der Waals surface area (Å²) in [7, 11) is 1.87.